The van der Waals surface area contributed by atoms with Gasteiger partial charge in [0.05, 0.1) is 5.92 Å². The van der Waals surface area contributed by atoms with E-state index in [2.05, 4.69) is 5.32 Å². The monoisotopic (exact) mass is 329 g/mol. The fourth-order valence-corrected chi connectivity index (χ4v) is 2.62. The lowest BCUT2D eigenvalue weighted by Crippen LogP contribution is -2.54. The highest BCUT2D eigenvalue weighted by atomic mass is 19.4. The second-order valence-corrected chi connectivity index (χ2v) is 6.04. The highest BCUT2D eigenvalue weighted by molar-refractivity contribution is 5.87. The second-order valence-electron chi connectivity index (χ2n) is 6.04. The second kappa shape index (κ2) is 6.22. The van der Waals surface area contributed by atoms with Crippen LogP contribution in [0.3, 0.4) is 0 Å². The van der Waals surface area contributed by atoms with Crippen LogP contribution in [-0.2, 0) is 9.59 Å². The predicted octanol–water partition coefficient (Wildman–Crippen LogP) is 3.09. The number of alkyl halides is 3. The summed E-state index contributed by atoms with van der Waals surface area (Å²) in [4.78, 5) is 23.4. The highest BCUT2D eigenvalue weighted by Gasteiger charge is 2.49. The van der Waals surface area contributed by atoms with E-state index in [0.29, 0.717) is 12.8 Å². The van der Waals surface area contributed by atoms with Crippen LogP contribution in [-0.4, -0.2) is 28.7 Å². The Morgan fingerprint density at radius 2 is 1.83 bits per heavy atom. The zero-order valence-corrected chi connectivity index (χ0v) is 12.6. The average Bonchev–Trinajstić information content (AvgIpc) is 3.29. The minimum Gasteiger partial charge on any atom is -0.480 e. The Morgan fingerprint density at radius 1 is 1.26 bits per heavy atom. The minimum atomic E-state index is -4.59. The molecular weight excluding hydrogens is 311 g/mol. The molecule has 1 amide bonds. The third kappa shape index (κ3) is 4.03. The van der Waals surface area contributed by atoms with Gasteiger partial charge in [0.2, 0.25) is 5.91 Å². The third-order valence-electron chi connectivity index (χ3n) is 4.22. The van der Waals surface area contributed by atoms with Crippen molar-refractivity contribution >= 4 is 11.9 Å². The Kier molecular flexibility index (Phi) is 4.68. The Hall–Kier alpha value is -2.05. The molecule has 1 aliphatic rings. The number of carboxylic acid groups (broad SMARTS) is 1. The topological polar surface area (TPSA) is 66.4 Å². The van der Waals surface area contributed by atoms with Crippen molar-refractivity contribution < 1.29 is 27.9 Å². The number of hydrogen-bond donors (Lipinski definition) is 2. The lowest BCUT2D eigenvalue weighted by Gasteiger charge is -2.28. The molecule has 0 spiro atoms. The van der Waals surface area contributed by atoms with E-state index in [1.54, 1.807) is 6.07 Å². The Balaban J connectivity index is 2.14. The first kappa shape index (κ1) is 17.3. The lowest BCUT2D eigenvalue weighted by molar-refractivity contribution is -0.159. The number of benzene rings is 1. The van der Waals surface area contributed by atoms with Gasteiger partial charge in [0.1, 0.15) is 5.54 Å². The van der Waals surface area contributed by atoms with Gasteiger partial charge in [-0.05, 0) is 31.2 Å². The molecule has 23 heavy (non-hydrogen) atoms. The van der Waals surface area contributed by atoms with Gasteiger partial charge >= 0.3 is 12.1 Å². The van der Waals surface area contributed by atoms with E-state index in [4.69, 9.17) is 0 Å². The number of halogens is 3. The molecule has 0 saturated heterocycles. The van der Waals surface area contributed by atoms with E-state index in [-0.39, 0.29) is 11.5 Å². The van der Waals surface area contributed by atoms with Crippen molar-refractivity contribution in [2.24, 2.45) is 5.92 Å². The van der Waals surface area contributed by atoms with Crippen molar-refractivity contribution in [1.82, 2.24) is 5.32 Å². The average molecular weight is 329 g/mol. The maximum atomic E-state index is 13.2. The lowest BCUT2D eigenvalue weighted by atomic mass is 9.92. The van der Waals surface area contributed by atoms with Crippen LogP contribution >= 0.6 is 0 Å². The number of hydrogen-bond acceptors (Lipinski definition) is 2. The number of rotatable bonds is 6. The molecule has 2 atom stereocenters. The van der Waals surface area contributed by atoms with Gasteiger partial charge in [-0.15, -0.1) is 0 Å². The molecule has 0 bridgehead atoms. The van der Waals surface area contributed by atoms with E-state index in [9.17, 15) is 27.9 Å². The molecular formula is C16H18F3NO3. The van der Waals surface area contributed by atoms with Crippen LogP contribution in [0.5, 0.6) is 0 Å². The maximum Gasteiger partial charge on any atom is 0.396 e. The minimum absolute atomic E-state index is 0.0152. The van der Waals surface area contributed by atoms with Crippen molar-refractivity contribution in [3.63, 3.8) is 0 Å². The molecule has 1 aromatic carbocycles. The number of carboxylic acids is 1. The Labute approximate surface area is 131 Å². The molecule has 1 aliphatic carbocycles. The summed E-state index contributed by atoms with van der Waals surface area (Å²) in [5.74, 6) is -4.32. The fraction of sp³-hybridized carbons (Fsp3) is 0.500. The fourth-order valence-electron chi connectivity index (χ4n) is 2.62. The number of carbonyl (C=O) groups is 2. The van der Waals surface area contributed by atoms with Crippen LogP contribution in [0, 0.1) is 5.92 Å². The molecule has 0 radical (unpaired) electrons. The van der Waals surface area contributed by atoms with Crippen LogP contribution < -0.4 is 5.32 Å². The summed E-state index contributed by atoms with van der Waals surface area (Å²) in [6, 6.07) is 7.14. The van der Waals surface area contributed by atoms with Crippen LogP contribution in [0.2, 0.25) is 0 Å². The number of nitrogens with one attached hydrogen (secondary N) is 1. The van der Waals surface area contributed by atoms with Crippen LogP contribution in [0.4, 0.5) is 13.2 Å². The molecule has 1 fully saturated rings. The van der Waals surface area contributed by atoms with Crippen molar-refractivity contribution in [2.45, 2.75) is 43.8 Å². The van der Waals surface area contributed by atoms with Crippen LogP contribution in [0.15, 0.2) is 30.3 Å². The highest BCUT2D eigenvalue weighted by Crippen LogP contribution is 2.41. The van der Waals surface area contributed by atoms with Gasteiger partial charge in [-0.25, -0.2) is 4.79 Å². The quantitative estimate of drug-likeness (QED) is 0.843. The maximum absolute atomic E-state index is 13.2. The first-order chi connectivity index (χ1) is 10.6. The SMILES string of the molecule is C[C@@](NC(=O)C[C@@H](c1ccccc1)C(F)(F)F)(C(=O)O)C1CC1. The van der Waals surface area contributed by atoms with Gasteiger partial charge in [-0.1, -0.05) is 30.3 Å². The molecule has 126 valence electrons. The molecule has 7 heteroatoms. The molecule has 0 aromatic heterocycles. The van der Waals surface area contributed by atoms with Crippen molar-refractivity contribution in [3.05, 3.63) is 35.9 Å². The van der Waals surface area contributed by atoms with Gasteiger partial charge in [0.15, 0.2) is 0 Å². The van der Waals surface area contributed by atoms with Gasteiger partial charge in [-0.3, -0.25) is 4.79 Å². The van der Waals surface area contributed by atoms with Crippen molar-refractivity contribution in [3.8, 4) is 0 Å². The molecule has 0 unspecified atom stereocenters. The number of aliphatic carboxylic acids is 1. The van der Waals surface area contributed by atoms with Crippen LogP contribution in [0.25, 0.3) is 0 Å². The smallest absolute Gasteiger partial charge is 0.396 e. The predicted molar refractivity (Wildman–Crippen MR) is 76.8 cm³/mol. The van der Waals surface area contributed by atoms with E-state index < -0.39 is 35.9 Å². The summed E-state index contributed by atoms with van der Waals surface area (Å²) in [6.07, 6.45) is -4.13. The molecule has 1 saturated carbocycles. The zero-order chi connectivity index (χ0) is 17.3. The summed E-state index contributed by atoms with van der Waals surface area (Å²) in [5.41, 5.74) is -1.53. The molecule has 4 nitrogen and oxygen atoms in total. The largest absolute Gasteiger partial charge is 0.480 e. The Morgan fingerprint density at radius 3 is 2.26 bits per heavy atom. The summed E-state index contributed by atoms with van der Waals surface area (Å²) in [6.45, 7) is 1.34. The number of amides is 1. The first-order valence-electron chi connectivity index (χ1n) is 7.30. The van der Waals surface area contributed by atoms with Gasteiger partial charge in [0.25, 0.3) is 0 Å². The van der Waals surface area contributed by atoms with E-state index in [0.717, 1.165) is 0 Å². The standard InChI is InChI=1S/C16H18F3NO3/c1-15(14(22)23,11-7-8-11)20-13(21)9-12(16(17,18)19)10-5-3-2-4-6-10/h2-6,11-12H,7-9H2,1H3,(H,20,21)(H,22,23)/t12-,15-/m0/s1. The first-order valence-corrected chi connectivity index (χ1v) is 7.30. The molecule has 0 heterocycles. The van der Waals surface area contributed by atoms with Crippen LogP contribution in [0.1, 0.15) is 37.7 Å². The van der Waals surface area contributed by atoms with Crippen molar-refractivity contribution in [1.29, 1.82) is 0 Å². The summed E-state index contributed by atoms with van der Waals surface area (Å²) in [7, 11) is 0. The van der Waals surface area contributed by atoms with Gasteiger partial charge < -0.3 is 10.4 Å². The van der Waals surface area contributed by atoms with Gasteiger partial charge in [0, 0.05) is 6.42 Å². The van der Waals surface area contributed by atoms with Gasteiger partial charge in [-0.2, -0.15) is 13.2 Å². The normalized spacial score (nSPS) is 18.8. The molecule has 0 aliphatic heterocycles. The van der Waals surface area contributed by atoms with E-state index in [1.807, 2.05) is 0 Å². The third-order valence-corrected chi connectivity index (χ3v) is 4.22. The van der Waals surface area contributed by atoms with E-state index in [1.165, 1.54) is 31.2 Å². The molecule has 2 N–H and O–H groups in total. The zero-order valence-electron chi connectivity index (χ0n) is 12.6. The summed E-state index contributed by atoms with van der Waals surface area (Å²) >= 11 is 0. The Bertz CT molecular complexity index is 584. The van der Waals surface area contributed by atoms with Crippen molar-refractivity contribution in [2.75, 3.05) is 0 Å². The molecule has 1 aromatic rings. The summed E-state index contributed by atoms with van der Waals surface area (Å²) < 4.78 is 39.7. The molecule has 2 rings (SSSR count). The summed E-state index contributed by atoms with van der Waals surface area (Å²) in [5, 5.41) is 11.6. The number of carbonyl (C=O) groups excluding carboxylic acids is 1. The van der Waals surface area contributed by atoms with E-state index >= 15 is 0 Å².